The molecule has 2 aromatic rings. The topological polar surface area (TPSA) is 17.3 Å². The van der Waals surface area contributed by atoms with Crippen molar-refractivity contribution in [3.63, 3.8) is 0 Å². The molecule has 2 heteroatoms. The Bertz CT molecular complexity index is 535. The van der Waals surface area contributed by atoms with Crippen LogP contribution in [0.5, 0.6) is 0 Å². The maximum atomic E-state index is 4.77. The number of rotatable bonds is 0. The van der Waals surface area contributed by atoms with Crippen LogP contribution in [0.2, 0.25) is 0 Å². The minimum Gasteiger partial charge on any atom is -0.304 e. The summed E-state index contributed by atoms with van der Waals surface area (Å²) in [6.45, 7) is 6.70. The second kappa shape index (κ2) is 2.63. The van der Waals surface area contributed by atoms with Gasteiger partial charge in [-0.05, 0) is 37.5 Å². The molecule has 0 unspecified atom stereocenters. The molecule has 1 aliphatic carbocycles. The Kier molecular flexibility index (Phi) is 1.57. The third-order valence-corrected chi connectivity index (χ3v) is 3.51. The molecule has 3 rings (SSSR count). The van der Waals surface area contributed by atoms with E-state index >= 15 is 0 Å². The fourth-order valence-electron chi connectivity index (χ4n) is 2.53. The Labute approximate surface area is 90.0 Å². The molecule has 0 atom stereocenters. The highest BCUT2D eigenvalue weighted by molar-refractivity contribution is 5.48. The molecule has 2 aromatic heterocycles. The van der Waals surface area contributed by atoms with Gasteiger partial charge in [-0.15, -0.1) is 0 Å². The van der Waals surface area contributed by atoms with Gasteiger partial charge in [-0.25, -0.2) is 4.98 Å². The highest BCUT2D eigenvalue weighted by atomic mass is 15.0. The molecule has 1 aliphatic rings. The van der Waals surface area contributed by atoms with Crippen LogP contribution in [0.4, 0.5) is 0 Å². The van der Waals surface area contributed by atoms with E-state index in [1.807, 2.05) is 0 Å². The van der Waals surface area contributed by atoms with E-state index in [4.69, 9.17) is 4.98 Å². The van der Waals surface area contributed by atoms with Gasteiger partial charge in [0, 0.05) is 17.3 Å². The van der Waals surface area contributed by atoms with Crippen molar-refractivity contribution in [3.05, 3.63) is 35.3 Å². The maximum Gasteiger partial charge on any atom is 0.137 e. The van der Waals surface area contributed by atoms with Crippen LogP contribution in [0.25, 0.3) is 5.65 Å². The van der Waals surface area contributed by atoms with Crippen LogP contribution < -0.4 is 0 Å². The lowest BCUT2D eigenvalue weighted by molar-refractivity contribution is 0.510. The normalized spacial score (nSPS) is 18.3. The van der Waals surface area contributed by atoms with Crippen molar-refractivity contribution in [2.45, 2.75) is 39.0 Å². The Morgan fingerprint density at radius 1 is 1.40 bits per heavy atom. The van der Waals surface area contributed by atoms with E-state index in [-0.39, 0.29) is 5.41 Å². The molecule has 0 bridgehead atoms. The van der Waals surface area contributed by atoms with E-state index in [0.717, 1.165) is 12.1 Å². The molecule has 78 valence electrons. The minimum absolute atomic E-state index is 0.259. The Morgan fingerprint density at radius 2 is 2.20 bits per heavy atom. The molecular formula is C13H16N2. The number of fused-ring (bicyclic) bond motifs is 3. The van der Waals surface area contributed by atoms with Gasteiger partial charge in [0.05, 0.1) is 5.69 Å². The van der Waals surface area contributed by atoms with Gasteiger partial charge in [-0.1, -0.05) is 13.8 Å². The highest BCUT2D eigenvalue weighted by Crippen LogP contribution is 2.37. The number of imidazole rings is 1. The van der Waals surface area contributed by atoms with Crippen molar-refractivity contribution >= 4 is 5.65 Å². The lowest BCUT2D eigenvalue weighted by Crippen LogP contribution is -2.12. The SMILES string of the molecule is Cc1ccn2c3c(nc2c1)C(C)(C)CC3. The summed E-state index contributed by atoms with van der Waals surface area (Å²) in [5, 5.41) is 0. The number of hydrogen-bond acceptors (Lipinski definition) is 1. The summed E-state index contributed by atoms with van der Waals surface area (Å²) in [6.07, 6.45) is 4.53. The first-order chi connectivity index (χ1) is 7.08. The summed E-state index contributed by atoms with van der Waals surface area (Å²) in [5.41, 5.74) is 5.36. The van der Waals surface area contributed by atoms with Gasteiger partial charge < -0.3 is 4.40 Å². The second-order valence-corrected chi connectivity index (χ2v) is 5.22. The largest absolute Gasteiger partial charge is 0.304 e. The van der Waals surface area contributed by atoms with Crippen LogP contribution in [-0.4, -0.2) is 9.38 Å². The molecule has 0 spiro atoms. The first-order valence-electron chi connectivity index (χ1n) is 5.56. The van der Waals surface area contributed by atoms with E-state index in [0.29, 0.717) is 0 Å². The van der Waals surface area contributed by atoms with Crippen LogP contribution in [-0.2, 0) is 11.8 Å². The van der Waals surface area contributed by atoms with Gasteiger partial charge in [0.2, 0.25) is 0 Å². The first-order valence-corrected chi connectivity index (χ1v) is 5.56. The van der Waals surface area contributed by atoms with Gasteiger partial charge in [-0.3, -0.25) is 0 Å². The van der Waals surface area contributed by atoms with E-state index in [1.54, 1.807) is 0 Å². The average molecular weight is 200 g/mol. The molecular weight excluding hydrogens is 184 g/mol. The summed E-state index contributed by atoms with van der Waals surface area (Å²) in [4.78, 5) is 4.77. The molecule has 0 saturated heterocycles. The van der Waals surface area contributed by atoms with Crippen LogP contribution in [0, 0.1) is 6.92 Å². The number of pyridine rings is 1. The molecule has 0 radical (unpaired) electrons. The maximum absolute atomic E-state index is 4.77. The van der Waals surface area contributed by atoms with Gasteiger partial charge in [0.1, 0.15) is 5.65 Å². The molecule has 2 heterocycles. The van der Waals surface area contributed by atoms with Crippen molar-refractivity contribution in [1.82, 2.24) is 9.38 Å². The lowest BCUT2D eigenvalue weighted by Gasteiger charge is -2.14. The van der Waals surface area contributed by atoms with Crippen molar-refractivity contribution in [3.8, 4) is 0 Å². The summed E-state index contributed by atoms with van der Waals surface area (Å²) >= 11 is 0. The van der Waals surface area contributed by atoms with E-state index < -0.39 is 0 Å². The predicted molar refractivity (Wildman–Crippen MR) is 61.3 cm³/mol. The molecule has 2 nitrogen and oxygen atoms in total. The predicted octanol–water partition coefficient (Wildman–Crippen LogP) is 2.87. The molecule has 0 amide bonds. The molecule has 0 N–H and O–H groups in total. The second-order valence-electron chi connectivity index (χ2n) is 5.22. The van der Waals surface area contributed by atoms with Crippen LogP contribution in [0.1, 0.15) is 37.2 Å². The zero-order valence-corrected chi connectivity index (χ0v) is 9.54. The molecule has 0 aromatic carbocycles. The molecule has 15 heavy (non-hydrogen) atoms. The van der Waals surface area contributed by atoms with Crippen LogP contribution in [0.15, 0.2) is 18.3 Å². The Balaban J connectivity index is 2.34. The monoisotopic (exact) mass is 200 g/mol. The molecule has 0 aliphatic heterocycles. The molecule has 0 saturated carbocycles. The van der Waals surface area contributed by atoms with E-state index in [1.165, 1.54) is 23.4 Å². The average Bonchev–Trinajstić information content (AvgIpc) is 2.65. The minimum atomic E-state index is 0.259. The lowest BCUT2D eigenvalue weighted by atomic mass is 9.91. The summed E-state index contributed by atoms with van der Waals surface area (Å²) in [5.74, 6) is 0. The quantitative estimate of drug-likeness (QED) is 0.639. The smallest absolute Gasteiger partial charge is 0.137 e. The number of aromatic nitrogens is 2. The van der Waals surface area contributed by atoms with Crippen molar-refractivity contribution in [2.24, 2.45) is 0 Å². The van der Waals surface area contributed by atoms with Crippen molar-refractivity contribution in [1.29, 1.82) is 0 Å². The highest BCUT2D eigenvalue weighted by Gasteiger charge is 2.33. The first kappa shape index (κ1) is 8.96. The van der Waals surface area contributed by atoms with Crippen LogP contribution in [0.3, 0.4) is 0 Å². The van der Waals surface area contributed by atoms with Gasteiger partial charge in [0.15, 0.2) is 0 Å². The summed E-state index contributed by atoms with van der Waals surface area (Å²) in [7, 11) is 0. The third kappa shape index (κ3) is 1.14. The van der Waals surface area contributed by atoms with Crippen LogP contribution >= 0.6 is 0 Å². The van der Waals surface area contributed by atoms with E-state index in [9.17, 15) is 0 Å². The number of nitrogens with zero attached hydrogens (tertiary/aromatic N) is 2. The zero-order valence-electron chi connectivity index (χ0n) is 9.54. The summed E-state index contributed by atoms with van der Waals surface area (Å²) in [6, 6.07) is 4.31. The number of hydrogen-bond donors (Lipinski definition) is 0. The molecule has 0 fully saturated rings. The Hall–Kier alpha value is -1.31. The van der Waals surface area contributed by atoms with Gasteiger partial charge in [-0.2, -0.15) is 0 Å². The third-order valence-electron chi connectivity index (χ3n) is 3.51. The Morgan fingerprint density at radius 3 is 3.00 bits per heavy atom. The standard InChI is InChI=1S/C13H16N2/c1-9-5-7-15-10-4-6-13(2,3)12(10)14-11(15)8-9/h5,7-8H,4,6H2,1-3H3. The fraction of sp³-hybridized carbons (Fsp3) is 0.462. The van der Waals surface area contributed by atoms with E-state index in [2.05, 4.69) is 43.5 Å². The summed E-state index contributed by atoms with van der Waals surface area (Å²) < 4.78 is 2.25. The fourth-order valence-corrected chi connectivity index (χ4v) is 2.53. The zero-order chi connectivity index (χ0) is 10.6. The van der Waals surface area contributed by atoms with Gasteiger partial charge in [0.25, 0.3) is 0 Å². The van der Waals surface area contributed by atoms with Crippen molar-refractivity contribution < 1.29 is 0 Å². The van der Waals surface area contributed by atoms with Crippen molar-refractivity contribution in [2.75, 3.05) is 0 Å². The number of aryl methyl sites for hydroxylation is 2. The van der Waals surface area contributed by atoms with Gasteiger partial charge >= 0.3 is 0 Å².